The monoisotopic (exact) mass is 320 g/mol. The quantitative estimate of drug-likeness (QED) is 0.774. The zero-order valence-corrected chi connectivity index (χ0v) is 14.8. The Morgan fingerprint density at radius 1 is 1.13 bits per heavy atom. The molecule has 0 saturated carbocycles. The Bertz CT molecular complexity index is 501. The van der Waals surface area contributed by atoms with Crippen molar-refractivity contribution >= 4 is 11.9 Å². The lowest BCUT2D eigenvalue weighted by atomic mass is 9.89. The maximum absolute atomic E-state index is 12.3. The third-order valence-corrected chi connectivity index (χ3v) is 3.48. The summed E-state index contributed by atoms with van der Waals surface area (Å²) in [6, 6.07) is 3.48. The molecule has 128 valence electrons. The summed E-state index contributed by atoms with van der Waals surface area (Å²) in [6.07, 6.45) is 4.32. The van der Waals surface area contributed by atoms with Gasteiger partial charge in [-0.3, -0.25) is 9.78 Å². The van der Waals surface area contributed by atoms with E-state index < -0.39 is 5.60 Å². The Hall–Kier alpha value is -1.91. The summed E-state index contributed by atoms with van der Waals surface area (Å²) >= 11 is 0. The number of pyridine rings is 1. The highest BCUT2D eigenvalue weighted by molar-refractivity contribution is 5.97. The Morgan fingerprint density at radius 2 is 1.65 bits per heavy atom. The van der Waals surface area contributed by atoms with Crippen LogP contribution in [0.25, 0.3) is 0 Å². The number of hydrogen-bond acceptors (Lipinski definition) is 4. The van der Waals surface area contributed by atoms with E-state index in [9.17, 15) is 9.59 Å². The van der Waals surface area contributed by atoms with Crippen LogP contribution in [0.15, 0.2) is 24.5 Å². The summed E-state index contributed by atoms with van der Waals surface area (Å²) in [5.74, 6) is 0.118. The number of hydrogen-bond donors (Lipinski definition) is 0. The van der Waals surface area contributed by atoms with Crippen LogP contribution in [0.4, 0.5) is 4.79 Å². The van der Waals surface area contributed by atoms with E-state index >= 15 is 0 Å². The van der Waals surface area contributed by atoms with Crippen LogP contribution in [0.5, 0.6) is 0 Å². The number of piperidine rings is 1. The zero-order chi connectivity index (χ0) is 17.5. The van der Waals surface area contributed by atoms with E-state index in [1.54, 1.807) is 29.4 Å². The second kappa shape index (κ2) is 8.65. The van der Waals surface area contributed by atoms with Crippen LogP contribution >= 0.6 is 0 Å². The van der Waals surface area contributed by atoms with Gasteiger partial charge < -0.3 is 9.64 Å². The minimum Gasteiger partial charge on any atom is -0.444 e. The van der Waals surface area contributed by atoms with E-state index in [4.69, 9.17) is 4.74 Å². The largest absolute Gasteiger partial charge is 0.444 e. The van der Waals surface area contributed by atoms with Crippen molar-refractivity contribution in [2.24, 2.45) is 5.92 Å². The van der Waals surface area contributed by atoms with Crippen molar-refractivity contribution in [2.45, 2.75) is 53.1 Å². The highest BCUT2D eigenvalue weighted by atomic mass is 16.6. The highest BCUT2D eigenvalue weighted by Crippen LogP contribution is 2.23. The number of carbonyl (C=O) groups is 2. The Kier molecular flexibility index (Phi) is 7.20. The lowest BCUT2D eigenvalue weighted by Crippen LogP contribution is -2.43. The molecule has 1 aromatic heterocycles. The fraction of sp³-hybridized carbons (Fsp3) is 0.611. The summed E-state index contributed by atoms with van der Waals surface area (Å²) < 4.78 is 5.35. The molecule has 0 N–H and O–H groups in total. The molecule has 0 unspecified atom stereocenters. The maximum Gasteiger partial charge on any atom is 0.410 e. The molecule has 2 heterocycles. The van der Waals surface area contributed by atoms with E-state index in [-0.39, 0.29) is 17.8 Å². The molecule has 1 aliphatic heterocycles. The first kappa shape index (κ1) is 19.1. The molecule has 0 atom stereocenters. The summed E-state index contributed by atoms with van der Waals surface area (Å²) in [4.78, 5) is 29.9. The molecular weight excluding hydrogens is 292 g/mol. The van der Waals surface area contributed by atoms with Gasteiger partial charge in [0.15, 0.2) is 5.78 Å². The van der Waals surface area contributed by atoms with Crippen molar-refractivity contribution in [2.75, 3.05) is 13.1 Å². The van der Waals surface area contributed by atoms with E-state index in [0.717, 1.165) is 0 Å². The predicted molar refractivity (Wildman–Crippen MR) is 90.4 cm³/mol. The first-order chi connectivity index (χ1) is 10.9. The molecule has 0 radical (unpaired) electrons. The van der Waals surface area contributed by atoms with Gasteiger partial charge in [0, 0.05) is 37.0 Å². The molecule has 2 rings (SSSR count). The minimum atomic E-state index is -0.485. The first-order valence-corrected chi connectivity index (χ1v) is 8.29. The third-order valence-electron chi connectivity index (χ3n) is 3.48. The van der Waals surface area contributed by atoms with E-state index in [0.29, 0.717) is 31.5 Å². The van der Waals surface area contributed by atoms with Crippen LogP contribution in [0.2, 0.25) is 0 Å². The van der Waals surface area contributed by atoms with Crippen LogP contribution in [-0.2, 0) is 4.74 Å². The number of Topliss-reactive ketones (excluding diaryl/α,β-unsaturated/α-hetero) is 1. The van der Waals surface area contributed by atoms with Gasteiger partial charge in [-0.25, -0.2) is 4.79 Å². The minimum absolute atomic E-state index is 0.0221. The number of aromatic nitrogens is 1. The third kappa shape index (κ3) is 6.00. The van der Waals surface area contributed by atoms with Crippen molar-refractivity contribution in [1.82, 2.24) is 9.88 Å². The fourth-order valence-corrected chi connectivity index (χ4v) is 2.40. The summed E-state index contributed by atoms with van der Waals surface area (Å²) in [5, 5.41) is 0. The molecule has 1 saturated heterocycles. The van der Waals surface area contributed by atoms with Crippen LogP contribution in [0.3, 0.4) is 0 Å². The van der Waals surface area contributed by atoms with Gasteiger partial charge in [0.2, 0.25) is 0 Å². The predicted octanol–water partition coefficient (Wildman–Crippen LogP) is 3.94. The second-order valence-electron chi connectivity index (χ2n) is 6.34. The number of likely N-dealkylation sites (tertiary alicyclic amines) is 1. The van der Waals surface area contributed by atoms with Crippen molar-refractivity contribution in [3.8, 4) is 0 Å². The number of nitrogens with zero attached hydrogens (tertiary/aromatic N) is 2. The average Bonchev–Trinajstić information content (AvgIpc) is 2.55. The van der Waals surface area contributed by atoms with Gasteiger partial charge in [-0.15, -0.1) is 0 Å². The summed E-state index contributed by atoms with van der Waals surface area (Å²) in [6.45, 7) is 10.7. The molecule has 1 amide bonds. The normalized spacial score (nSPS) is 15.4. The van der Waals surface area contributed by atoms with Gasteiger partial charge in [0.05, 0.1) is 0 Å². The van der Waals surface area contributed by atoms with Gasteiger partial charge in [-0.05, 0) is 45.7 Å². The molecular formula is C18H28N2O3. The Labute approximate surface area is 139 Å². The maximum atomic E-state index is 12.3. The molecule has 0 spiro atoms. The summed E-state index contributed by atoms with van der Waals surface area (Å²) in [5.41, 5.74) is 0.210. The van der Waals surface area contributed by atoms with Crippen LogP contribution in [0.1, 0.15) is 57.8 Å². The van der Waals surface area contributed by atoms with E-state index in [1.165, 1.54) is 0 Å². The average molecular weight is 320 g/mol. The molecule has 1 fully saturated rings. The van der Waals surface area contributed by atoms with E-state index in [1.807, 2.05) is 34.6 Å². The molecule has 23 heavy (non-hydrogen) atoms. The molecule has 1 aromatic rings. The van der Waals surface area contributed by atoms with Gasteiger partial charge in [-0.2, -0.15) is 0 Å². The van der Waals surface area contributed by atoms with Crippen LogP contribution in [-0.4, -0.2) is 40.5 Å². The number of carbonyl (C=O) groups excluding carboxylic acids is 2. The molecule has 1 aliphatic rings. The molecule has 0 aliphatic carbocycles. The van der Waals surface area contributed by atoms with E-state index in [2.05, 4.69) is 4.98 Å². The number of amides is 1. The van der Waals surface area contributed by atoms with Gasteiger partial charge in [0.1, 0.15) is 5.60 Å². The van der Waals surface area contributed by atoms with Crippen LogP contribution < -0.4 is 0 Å². The zero-order valence-electron chi connectivity index (χ0n) is 14.8. The smallest absolute Gasteiger partial charge is 0.410 e. The first-order valence-electron chi connectivity index (χ1n) is 8.29. The topological polar surface area (TPSA) is 59.5 Å². The van der Waals surface area contributed by atoms with Gasteiger partial charge >= 0.3 is 6.09 Å². The van der Waals surface area contributed by atoms with Crippen molar-refractivity contribution < 1.29 is 14.3 Å². The standard InChI is InChI=1S/C16H22N2O3.C2H6/c1-16(2,3)21-15(20)18-10-6-13(7-11-18)14(19)12-4-8-17-9-5-12;1-2/h4-5,8-9,13H,6-7,10-11H2,1-3H3;1-2H3. The SMILES string of the molecule is CC.CC(C)(C)OC(=O)N1CCC(C(=O)c2ccncc2)CC1. The fourth-order valence-electron chi connectivity index (χ4n) is 2.40. The van der Waals surface area contributed by atoms with Gasteiger partial charge in [-0.1, -0.05) is 13.8 Å². The highest BCUT2D eigenvalue weighted by Gasteiger charge is 2.30. The number of rotatable bonds is 2. The van der Waals surface area contributed by atoms with Crippen molar-refractivity contribution in [1.29, 1.82) is 0 Å². The Balaban J connectivity index is 0.00000127. The molecule has 5 nitrogen and oxygen atoms in total. The lowest BCUT2D eigenvalue weighted by molar-refractivity contribution is 0.0182. The lowest BCUT2D eigenvalue weighted by Gasteiger charge is -2.32. The molecule has 5 heteroatoms. The molecule has 0 aromatic carbocycles. The van der Waals surface area contributed by atoms with Gasteiger partial charge in [0.25, 0.3) is 0 Å². The van der Waals surface area contributed by atoms with Crippen LogP contribution in [0, 0.1) is 5.92 Å². The second-order valence-corrected chi connectivity index (χ2v) is 6.34. The van der Waals surface area contributed by atoms with Crippen molar-refractivity contribution in [3.63, 3.8) is 0 Å². The Morgan fingerprint density at radius 3 is 2.13 bits per heavy atom. The number of ether oxygens (including phenoxy) is 1. The number of ketones is 1. The summed E-state index contributed by atoms with van der Waals surface area (Å²) in [7, 11) is 0. The van der Waals surface area contributed by atoms with Crippen molar-refractivity contribution in [3.05, 3.63) is 30.1 Å². The molecule has 0 bridgehead atoms.